The lowest BCUT2D eigenvalue weighted by Crippen LogP contribution is -2.15. The van der Waals surface area contributed by atoms with Crippen LogP contribution in [0.4, 0.5) is 0 Å². The largest absolute Gasteiger partial charge is 0.480 e. The monoisotopic (exact) mass is 217 g/mol. The topological polar surface area (TPSA) is 68.0 Å². The molecule has 2 rings (SSSR count). The minimum atomic E-state index is -0.899. The van der Waals surface area contributed by atoms with Gasteiger partial charge in [-0.05, 0) is 24.6 Å². The number of hydrogen-bond acceptors (Lipinski definition) is 3. The van der Waals surface area contributed by atoms with Crippen molar-refractivity contribution in [2.24, 2.45) is 0 Å². The molecule has 0 aliphatic heterocycles. The van der Waals surface area contributed by atoms with Gasteiger partial charge in [-0.15, -0.1) is 0 Å². The zero-order valence-corrected chi connectivity index (χ0v) is 8.74. The predicted molar refractivity (Wildman–Crippen MR) is 57.8 cm³/mol. The van der Waals surface area contributed by atoms with E-state index in [2.05, 4.69) is 10.1 Å². The second kappa shape index (κ2) is 4.14. The minimum Gasteiger partial charge on any atom is -0.480 e. The Kier molecular flexibility index (Phi) is 2.68. The third-order valence-corrected chi connectivity index (χ3v) is 2.37. The van der Waals surface area contributed by atoms with Crippen molar-refractivity contribution in [1.29, 1.82) is 0 Å². The molecule has 1 N–H and O–H groups in total. The van der Waals surface area contributed by atoms with E-state index in [9.17, 15) is 4.79 Å². The number of carbonyl (C=O) groups is 1. The van der Waals surface area contributed by atoms with Crippen molar-refractivity contribution in [3.8, 4) is 11.1 Å². The summed E-state index contributed by atoms with van der Waals surface area (Å²) in [6.45, 7) is 1.59. The van der Waals surface area contributed by atoms with Crippen molar-refractivity contribution >= 4 is 5.97 Å². The molecule has 2 heterocycles. The molecule has 0 saturated carbocycles. The van der Waals surface area contributed by atoms with Crippen molar-refractivity contribution in [3.05, 3.63) is 36.9 Å². The van der Waals surface area contributed by atoms with E-state index in [1.807, 2.05) is 12.1 Å². The molecule has 0 spiro atoms. The molecular weight excluding hydrogens is 206 g/mol. The molecule has 0 bridgehead atoms. The Balaban J connectivity index is 2.30. The van der Waals surface area contributed by atoms with Gasteiger partial charge >= 0.3 is 5.97 Å². The Bertz CT molecular complexity index is 493. The molecule has 2 aromatic rings. The smallest absolute Gasteiger partial charge is 0.328 e. The first-order valence-electron chi connectivity index (χ1n) is 4.86. The lowest BCUT2D eigenvalue weighted by molar-refractivity contribution is -0.140. The second-order valence-corrected chi connectivity index (χ2v) is 3.46. The van der Waals surface area contributed by atoms with E-state index in [4.69, 9.17) is 5.11 Å². The van der Waals surface area contributed by atoms with Gasteiger partial charge in [0, 0.05) is 24.2 Å². The molecule has 0 aliphatic rings. The van der Waals surface area contributed by atoms with Crippen molar-refractivity contribution in [2.45, 2.75) is 13.0 Å². The molecule has 5 nitrogen and oxygen atoms in total. The Morgan fingerprint density at radius 2 is 2.06 bits per heavy atom. The number of nitrogens with zero attached hydrogens (tertiary/aromatic N) is 3. The van der Waals surface area contributed by atoms with Gasteiger partial charge in [0.25, 0.3) is 0 Å². The van der Waals surface area contributed by atoms with Crippen LogP contribution in [-0.2, 0) is 4.79 Å². The summed E-state index contributed by atoms with van der Waals surface area (Å²) in [5, 5.41) is 12.9. The molecule has 0 aromatic carbocycles. The molecule has 1 atom stereocenters. The van der Waals surface area contributed by atoms with Crippen LogP contribution in [0, 0.1) is 0 Å². The van der Waals surface area contributed by atoms with Gasteiger partial charge in [0.1, 0.15) is 6.04 Å². The minimum absolute atomic E-state index is 0.657. The van der Waals surface area contributed by atoms with Crippen molar-refractivity contribution < 1.29 is 9.90 Å². The third-order valence-electron chi connectivity index (χ3n) is 2.37. The Morgan fingerprint density at radius 1 is 1.38 bits per heavy atom. The van der Waals surface area contributed by atoms with E-state index in [0.29, 0.717) is 0 Å². The summed E-state index contributed by atoms with van der Waals surface area (Å²) in [6.07, 6.45) is 6.74. The van der Waals surface area contributed by atoms with Crippen molar-refractivity contribution in [2.75, 3.05) is 0 Å². The van der Waals surface area contributed by atoms with Crippen molar-refractivity contribution in [1.82, 2.24) is 14.8 Å². The Morgan fingerprint density at radius 3 is 2.69 bits per heavy atom. The molecule has 0 saturated heterocycles. The average molecular weight is 217 g/mol. The van der Waals surface area contributed by atoms with Gasteiger partial charge in [-0.25, -0.2) is 4.79 Å². The van der Waals surface area contributed by atoms with Gasteiger partial charge in [-0.3, -0.25) is 9.67 Å². The van der Waals surface area contributed by atoms with E-state index in [-0.39, 0.29) is 0 Å². The van der Waals surface area contributed by atoms with Crippen LogP contribution < -0.4 is 0 Å². The molecule has 5 heteroatoms. The normalized spacial score (nSPS) is 12.3. The number of rotatable bonds is 3. The molecule has 0 radical (unpaired) electrons. The van der Waals surface area contributed by atoms with Crippen LogP contribution in [0.3, 0.4) is 0 Å². The Labute approximate surface area is 92.4 Å². The summed E-state index contributed by atoms with van der Waals surface area (Å²) in [5.74, 6) is -0.899. The fraction of sp³-hybridized carbons (Fsp3) is 0.182. The maximum Gasteiger partial charge on any atom is 0.328 e. The van der Waals surface area contributed by atoms with Gasteiger partial charge in [0.05, 0.1) is 6.20 Å². The van der Waals surface area contributed by atoms with Crippen LogP contribution in [-0.4, -0.2) is 25.8 Å². The molecule has 82 valence electrons. The zero-order chi connectivity index (χ0) is 11.5. The van der Waals surface area contributed by atoms with Crippen molar-refractivity contribution in [3.63, 3.8) is 0 Å². The molecule has 16 heavy (non-hydrogen) atoms. The van der Waals surface area contributed by atoms with E-state index in [1.54, 1.807) is 31.7 Å². The summed E-state index contributed by atoms with van der Waals surface area (Å²) in [4.78, 5) is 14.7. The fourth-order valence-corrected chi connectivity index (χ4v) is 1.36. The molecule has 0 unspecified atom stereocenters. The average Bonchev–Trinajstić information content (AvgIpc) is 2.78. The first-order chi connectivity index (χ1) is 7.68. The summed E-state index contributed by atoms with van der Waals surface area (Å²) < 4.78 is 1.43. The van der Waals surface area contributed by atoms with Crippen LogP contribution >= 0.6 is 0 Å². The summed E-state index contributed by atoms with van der Waals surface area (Å²) in [6, 6.07) is 3.05. The number of aliphatic carboxylic acids is 1. The maximum absolute atomic E-state index is 10.8. The lowest BCUT2D eigenvalue weighted by Gasteiger charge is -2.05. The predicted octanol–water partition coefficient (Wildman–Crippen LogP) is 1.59. The highest BCUT2D eigenvalue weighted by Gasteiger charge is 2.14. The van der Waals surface area contributed by atoms with Crippen LogP contribution in [0.5, 0.6) is 0 Å². The fourth-order valence-electron chi connectivity index (χ4n) is 1.36. The van der Waals surface area contributed by atoms with Crippen LogP contribution in [0.1, 0.15) is 13.0 Å². The molecule has 0 aliphatic carbocycles. The second-order valence-electron chi connectivity index (χ2n) is 3.46. The van der Waals surface area contributed by atoms with Gasteiger partial charge in [0.2, 0.25) is 0 Å². The first-order valence-corrected chi connectivity index (χ1v) is 4.86. The highest BCUT2D eigenvalue weighted by atomic mass is 16.4. The Hall–Kier alpha value is -2.17. The first kappa shape index (κ1) is 10.4. The highest BCUT2D eigenvalue weighted by molar-refractivity contribution is 5.71. The highest BCUT2D eigenvalue weighted by Crippen LogP contribution is 2.18. The van der Waals surface area contributed by atoms with Crippen LogP contribution in [0.25, 0.3) is 11.1 Å². The molecular formula is C11H11N3O2. The van der Waals surface area contributed by atoms with E-state index in [1.165, 1.54) is 4.68 Å². The standard InChI is InChI=1S/C11H11N3O2/c1-8(11(15)16)14-7-10(6-13-14)9-2-4-12-5-3-9/h2-8H,1H3,(H,15,16)/t8-/m1/s1. The molecule has 2 aromatic heterocycles. The molecule has 0 amide bonds. The lowest BCUT2D eigenvalue weighted by atomic mass is 10.1. The number of hydrogen-bond donors (Lipinski definition) is 1. The quantitative estimate of drug-likeness (QED) is 0.847. The van der Waals surface area contributed by atoms with Crippen LogP contribution in [0.2, 0.25) is 0 Å². The van der Waals surface area contributed by atoms with Gasteiger partial charge in [-0.1, -0.05) is 0 Å². The van der Waals surface area contributed by atoms with Gasteiger partial charge in [0.15, 0.2) is 0 Å². The van der Waals surface area contributed by atoms with E-state index in [0.717, 1.165) is 11.1 Å². The van der Waals surface area contributed by atoms with E-state index >= 15 is 0 Å². The molecule has 0 fully saturated rings. The number of carboxylic acids is 1. The summed E-state index contributed by atoms with van der Waals surface area (Å²) >= 11 is 0. The third kappa shape index (κ3) is 1.93. The number of aromatic nitrogens is 3. The summed E-state index contributed by atoms with van der Waals surface area (Å²) in [7, 11) is 0. The summed E-state index contributed by atoms with van der Waals surface area (Å²) in [5.41, 5.74) is 1.86. The zero-order valence-electron chi connectivity index (χ0n) is 8.74. The van der Waals surface area contributed by atoms with E-state index < -0.39 is 12.0 Å². The SMILES string of the molecule is C[C@H](C(=O)O)n1cc(-c2ccncc2)cn1. The van der Waals surface area contributed by atoms with Gasteiger partial charge < -0.3 is 5.11 Å². The van der Waals surface area contributed by atoms with Gasteiger partial charge in [-0.2, -0.15) is 5.10 Å². The number of carboxylic acid groups (broad SMARTS) is 1. The van der Waals surface area contributed by atoms with Crippen LogP contribution in [0.15, 0.2) is 36.9 Å². The number of pyridine rings is 1. The maximum atomic E-state index is 10.8.